The fourth-order valence-electron chi connectivity index (χ4n) is 4.48. The minimum Gasteiger partial charge on any atom is -0.478 e. The Balaban J connectivity index is 1.59. The van der Waals surface area contributed by atoms with Crippen LogP contribution in [0.5, 0.6) is 5.88 Å². The number of aryl methyl sites for hydroxylation is 1. The second-order valence-corrected chi connectivity index (χ2v) is 8.87. The lowest BCUT2D eigenvalue weighted by molar-refractivity contribution is -0.108. The average Bonchev–Trinajstić information content (AvgIpc) is 3.17. The zero-order valence-corrected chi connectivity index (χ0v) is 19.3. The molecule has 172 valence electrons. The molecule has 2 atom stereocenters. The number of fused-ring (bicyclic) bond motifs is 3. The van der Waals surface area contributed by atoms with Crippen LogP contribution in [0.25, 0.3) is 27.7 Å². The zero-order chi connectivity index (χ0) is 23.0. The van der Waals surface area contributed by atoms with E-state index in [9.17, 15) is 0 Å². The smallest absolute Gasteiger partial charge is 0.213 e. The molecule has 1 aliphatic heterocycles. The van der Waals surface area contributed by atoms with Crippen molar-refractivity contribution in [2.45, 2.75) is 38.9 Å². The molecule has 0 saturated carbocycles. The molecule has 33 heavy (non-hydrogen) atoms. The van der Waals surface area contributed by atoms with Crippen LogP contribution >= 0.6 is 0 Å². The molecule has 4 aromatic rings. The Morgan fingerprint density at radius 1 is 1.18 bits per heavy atom. The standard InChI is InChI=1S/C25H30N6O2/c1-16-12-27-15-25(3,33-16)24-30-17(2)22-14-28-20-7-5-18(11-21(20)31(22)24)19-6-8-23(29-13-19)32-10-4-9-26/h5-8,11,13-14,16,27H,4,9-10,12,15,26H2,1-3H3/t16-,25+/m1/s1. The molecule has 1 aliphatic rings. The summed E-state index contributed by atoms with van der Waals surface area (Å²) in [5.41, 5.74) is 10.9. The first kappa shape index (κ1) is 21.8. The van der Waals surface area contributed by atoms with E-state index in [4.69, 9.17) is 25.2 Å². The molecule has 0 bridgehead atoms. The number of rotatable bonds is 6. The summed E-state index contributed by atoms with van der Waals surface area (Å²) in [7, 11) is 0. The summed E-state index contributed by atoms with van der Waals surface area (Å²) < 4.78 is 14.2. The molecule has 1 fully saturated rings. The number of benzene rings is 1. The summed E-state index contributed by atoms with van der Waals surface area (Å²) in [4.78, 5) is 14.1. The molecule has 0 radical (unpaired) electrons. The van der Waals surface area contributed by atoms with Gasteiger partial charge >= 0.3 is 0 Å². The molecule has 0 spiro atoms. The van der Waals surface area contributed by atoms with E-state index in [0.29, 0.717) is 25.6 Å². The lowest BCUT2D eigenvalue weighted by Crippen LogP contribution is -2.50. The van der Waals surface area contributed by atoms with Gasteiger partial charge in [-0.15, -0.1) is 0 Å². The lowest BCUT2D eigenvalue weighted by atomic mass is 10.0. The molecule has 0 amide bonds. The van der Waals surface area contributed by atoms with Crippen molar-refractivity contribution < 1.29 is 9.47 Å². The van der Waals surface area contributed by atoms with Crippen LogP contribution in [0.15, 0.2) is 42.7 Å². The number of ether oxygens (including phenoxy) is 2. The third-order valence-electron chi connectivity index (χ3n) is 6.14. The van der Waals surface area contributed by atoms with Crippen molar-refractivity contribution in [3.05, 3.63) is 54.2 Å². The second-order valence-electron chi connectivity index (χ2n) is 8.87. The second kappa shape index (κ2) is 8.70. The highest BCUT2D eigenvalue weighted by Gasteiger charge is 2.37. The molecule has 0 unspecified atom stereocenters. The normalized spacial score (nSPS) is 21.0. The van der Waals surface area contributed by atoms with Crippen molar-refractivity contribution in [1.29, 1.82) is 0 Å². The number of hydrogen-bond donors (Lipinski definition) is 2. The van der Waals surface area contributed by atoms with Gasteiger partial charge in [0.2, 0.25) is 5.88 Å². The van der Waals surface area contributed by atoms with Crippen LogP contribution in [0, 0.1) is 6.92 Å². The number of aromatic nitrogens is 4. The highest BCUT2D eigenvalue weighted by atomic mass is 16.5. The van der Waals surface area contributed by atoms with E-state index in [1.54, 1.807) is 0 Å². The first-order valence-corrected chi connectivity index (χ1v) is 11.4. The van der Waals surface area contributed by atoms with E-state index < -0.39 is 5.60 Å². The number of morpholine rings is 1. The number of nitrogens with one attached hydrogen (secondary N) is 1. The molecule has 1 aromatic carbocycles. The van der Waals surface area contributed by atoms with Gasteiger partial charge in [-0.05, 0) is 57.5 Å². The Kier molecular flexibility index (Phi) is 5.74. The largest absolute Gasteiger partial charge is 0.478 e. The Morgan fingerprint density at radius 2 is 2.03 bits per heavy atom. The maximum absolute atomic E-state index is 6.40. The summed E-state index contributed by atoms with van der Waals surface area (Å²) >= 11 is 0. The number of nitrogens with two attached hydrogens (primary N) is 1. The van der Waals surface area contributed by atoms with Crippen molar-refractivity contribution in [3.8, 4) is 17.0 Å². The molecule has 1 saturated heterocycles. The predicted octanol–water partition coefficient (Wildman–Crippen LogP) is 3.20. The topological polar surface area (TPSA) is 99.6 Å². The molecular weight excluding hydrogens is 416 g/mol. The number of pyridine rings is 1. The highest BCUT2D eigenvalue weighted by Crippen LogP contribution is 2.33. The Labute approximate surface area is 193 Å². The van der Waals surface area contributed by atoms with Crippen molar-refractivity contribution in [1.82, 2.24) is 24.7 Å². The molecule has 4 heterocycles. The number of nitrogens with zero attached hydrogens (tertiary/aromatic N) is 4. The first-order chi connectivity index (χ1) is 16.0. The fraction of sp³-hybridized carbons (Fsp3) is 0.400. The lowest BCUT2D eigenvalue weighted by Gasteiger charge is -2.37. The van der Waals surface area contributed by atoms with Crippen molar-refractivity contribution in [3.63, 3.8) is 0 Å². The van der Waals surface area contributed by atoms with Crippen LogP contribution in [-0.2, 0) is 10.3 Å². The van der Waals surface area contributed by atoms with Gasteiger partial charge in [-0.2, -0.15) is 0 Å². The minimum atomic E-state index is -0.538. The van der Waals surface area contributed by atoms with Crippen LogP contribution in [0.3, 0.4) is 0 Å². The predicted molar refractivity (Wildman–Crippen MR) is 128 cm³/mol. The van der Waals surface area contributed by atoms with Gasteiger partial charge in [0.25, 0.3) is 0 Å². The highest BCUT2D eigenvalue weighted by molar-refractivity contribution is 5.84. The minimum absolute atomic E-state index is 0.108. The van der Waals surface area contributed by atoms with Crippen LogP contribution in [0.4, 0.5) is 0 Å². The summed E-state index contributed by atoms with van der Waals surface area (Å²) in [6, 6.07) is 10.2. The molecule has 3 aromatic heterocycles. The van der Waals surface area contributed by atoms with E-state index in [0.717, 1.165) is 52.2 Å². The monoisotopic (exact) mass is 446 g/mol. The molecule has 8 heteroatoms. The van der Waals surface area contributed by atoms with Crippen LogP contribution in [0.2, 0.25) is 0 Å². The van der Waals surface area contributed by atoms with Crippen LogP contribution in [-0.4, -0.2) is 51.7 Å². The van der Waals surface area contributed by atoms with Gasteiger partial charge in [0.15, 0.2) is 0 Å². The zero-order valence-electron chi connectivity index (χ0n) is 19.3. The third-order valence-corrected chi connectivity index (χ3v) is 6.14. The van der Waals surface area contributed by atoms with E-state index in [-0.39, 0.29) is 6.10 Å². The van der Waals surface area contributed by atoms with Crippen molar-refractivity contribution in [2.75, 3.05) is 26.2 Å². The van der Waals surface area contributed by atoms with Crippen molar-refractivity contribution in [2.24, 2.45) is 5.73 Å². The number of imidazole rings is 1. The average molecular weight is 447 g/mol. The van der Waals surface area contributed by atoms with Gasteiger partial charge in [-0.25, -0.2) is 9.97 Å². The Bertz CT molecular complexity index is 1290. The summed E-state index contributed by atoms with van der Waals surface area (Å²) in [6.45, 7) is 8.92. The summed E-state index contributed by atoms with van der Waals surface area (Å²) in [5, 5.41) is 3.49. The van der Waals surface area contributed by atoms with E-state index >= 15 is 0 Å². The Hall–Kier alpha value is -3.07. The fourth-order valence-corrected chi connectivity index (χ4v) is 4.48. The number of hydrogen-bond acceptors (Lipinski definition) is 7. The maximum Gasteiger partial charge on any atom is 0.213 e. The van der Waals surface area contributed by atoms with Gasteiger partial charge in [0.05, 0.1) is 41.2 Å². The molecular formula is C25H30N6O2. The molecule has 5 rings (SSSR count). The van der Waals surface area contributed by atoms with Gasteiger partial charge < -0.3 is 20.5 Å². The van der Waals surface area contributed by atoms with E-state index in [1.807, 2.05) is 37.5 Å². The van der Waals surface area contributed by atoms with Gasteiger partial charge in [0.1, 0.15) is 11.4 Å². The van der Waals surface area contributed by atoms with Crippen LogP contribution in [0.1, 0.15) is 31.8 Å². The third kappa shape index (κ3) is 4.06. The first-order valence-electron chi connectivity index (χ1n) is 11.4. The molecule has 0 aliphatic carbocycles. The quantitative estimate of drug-likeness (QED) is 0.439. The van der Waals surface area contributed by atoms with Crippen LogP contribution < -0.4 is 15.8 Å². The maximum atomic E-state index is 6.40. The van der Waals surface area contributed by atoms with Gasteiger partial charge in [-0.3, -0.25) is 9.38 Å². The van der Waals surface area contributed by atoms with E-state index in [1.165, 1.54) is 0 Å². The molecule has 8 nitrogen and oxygen atoms in total. The Morgan fingerprint density at radius 3 is 2.79 bits per heavy atom. The van der Waals surface area contributed by atoms with Gasteiger partial charge in [0, 0.05) is 30.9 Å². The van der Waals surface area contributed by atoms with Gasteiger partial charge in [-0.1, -0.05) is 6.07 Å². The summed E-state index contributed by atoms with van der Waals surface area (Å²) in [6.07, 6.45) is 4.65. The van der Waals surface area contributed by atoms with E-state index in [2.05, 4.69) is 40.7 Å². The molecule has 3 N–H and O–H groups in total. The SMILES string of the molecule is Cc1nc([C@]2(C)CNC[C@@H](C)O2)n2c1cnc1ccc(-c3ccc(OCCCN)nc3)cc12. The van der Waals surface area contributed by atoms with Crippen molar-refractivity contribution >= 4 is 16.6 Å². The summed E-state index contributed by atoms with van der Waals surface area (Å²) in [5.74, 6) is 1.49.